The summed E-state index contributed by atoms with van der Waals surface area (Å²) < 4.78 is 11.9. The lowest BCUT2D eigenvalue weighted by Gasteiger charge is -2.32. The summed E-state index contributed by atoms with van der Waals surface area (Å²) in [7, 11) is -0.355. The molecule has 18 heavy (non-hydrogen) atoms. The standard InChI is InChI=1S/C14H17BO3/c1-13(2)14(3,4)18-15(17-13)12-7-5-11(6-8-12)9-10-16/h5-8,16H,1-4H3. The van der Waals surface area contributed by atoms with E-state index in [-0.39, 0.29) is 18.3 Å². The molecule has 0 amide bonds. The molecule has 1 N–H and O–H groups in total. The molecule has 3 nitrogen and oxygen atoms in total. The third kappa shape index (κ3) is 2.24. The maximum Gasteiger partial charge on any atom is 0.494 e. The van der Waals surface area contributed by atoms with Gasteiger partial charge >= 0.3 is 7.12 Å². The van der Waals surface area contributed by atoms with Crippen molar-refractivity contribution < 1.29 is 14.4 Å². The molecule has 1 aromatic rings. The smallest absolute Gasteiger partial charge is 0.462 e. The molecule has 0 unspecified atom stereocenters. The second-order valence-corrected chi connectivity index (χ2v) is 5.45. The highest BCUT2D eigenvalue weighted by Crippen LogP contribution is 2.36. The molecule has 0 aliphatic carbocycles. The van der Waals surface area contributed by atoms with Gasteiger partial charge in [0.15, 0.2) is 0 Å². The largest absolute Gasteiger partial charge is 0.494 e. The molecule has 1 heterocycles. The van der Waals surface area contributed by atoms with Gasteiger partial charge in [-0.15, -0.1) is 0 Å². The van der Waals surface area contributed by atoms with Gasteiger partial charge in [0.25, 0.3) is 0 Å². The predicted molar refractivity (Wildman–Crippen MR) is 71.0 cm³/mol. The minimum Gasteiger partial charge on any atom is -0.462 e. The van der Waals surface area contributed by atoms with Crippen LogP contribution in [0.25, 0.3) is 0 Å². The normalized spacial score (nSPS) is 20.3. The summed E-state index contributed by atoms with van der Waals surface area (Å²) in [5.74, 6) is 2.58. The van der Waals surface area contributed by atoms with Crippen LogP contribution in [0.2, 0.25) is 0 Å². The molecule has 0 aromatic heterocycles. The van der Waals surface area contributed by atoms with Gasteiger partial charge < -0.3 is 14.4 Å². The Morgan fingerprint density at radius 2 is 1.50 bits per heavy atom. The Balaban J connectivity index is 2.21. The number of rotatable bonds is 1. The number of benzene rings is 1. The summed E-state index contributed by atoms with van der Waals surface area (Å²) in [6, 6.07) is 7.48. The van der Waals surface area contributed by atoms with Crippen LogP contribution in [0.3, 0.4) is 0 Å². The van der Waals surface area contributed by atoms with Gasteiger partial charge in [0.1, 0.15) is 6.11 Å². The molecule has 1 saturated heterocycles. The predicted octanol–water partition coefficient (Wildman–Crippen LogP) is 1.67. The van der Waals surface area contributed by atoms with Crippen LogP contribution < -0.4 is 5.46 Å². The fourth-order valence-corrected chi connectivity index (χ4v) is 1.77. The summed E-state index contributed by atoms with van der Waals surface area (Å²) in [6.07, 6.45) is 1.89. The number of aliphatic hydroxyl groups is 1. The van der Waals surface area contributed by atoms with Crippen LogP contribution in [-0.4, -0.2) is 23.4 Å². The molecule has 0 spiro atoms. The molecule has 94 valence electrons. The number of hydrogen-bond donors (Lipinski definition) is 1. The van der Waals surface area contributed by atoms with Crippen molar-refractivity contribution in [1.82, 2.24) is 0 Å². The van der Waals surface area contributed by atoms with E-state index >= 15 is 0 Å². The van der Waals surface area contributed by atoms with Crippen LogP contribution in [0.5, 0.6) is 0 Å². The van der Waals surface area contributed by atoms with E-state index in [0.29, 0.717) is 0 Å². The molecule has 0 atom stereocenters. The maximum absolute atomic E-state index is 8.53. The Bertz CT molecular complexity index is 478. The van der Waals surface area contributed by atoms with Crippen LogP contribution >= 0.6 is 0 Å². The zero-order chi connectivity index (χ0) is 13.4. The van der Waals surface area contributed by atoms with Gasteiger partial charge in [0.05, 0.1) is 11.2 Å². The van der Waals surface area contributed by atoms with Gasteiger partial charge in [-0.05, 0) is 51.2 Å². The SMILES string of the molecule is CC1(C)OB(c2ccc(C#CO)cc2)OC1(C)C. The van der Waals surface area contributed by atoms with Crippen molar-refractivity contribution in [2.45, 2.75) is 38.9 Å². The van der Waals surface area contributed by atoms with Crippen LogP contribution in [0.15, 0.2) is 24.3 Å². The van der Waals surface area contributed by atoms with Crippen molar-refractivity contribution in [2.75, 3.05) is 0 Å². The first-order valence-electron chi connectivity index (χ1n) is 5.96. The lowest BCUT2D eigenvalue weighted by molar-refractivity contribution is 0.00578. The van der Waals surface area contributed by atoms with Crippen molar-refractivity contribution in [3.05, 3.63) is 29.8 Å². The van der Waals surface area contributed by atoms with Crippen molar-refractivity contribution in [2.24, 2.45) is 0 Å². The van der Waals surface area contributed by atoms with E-state index in [4.69, 9.17) is 14.4 Å². The Morgan fingerprint density at radius 1 is 1.00 bits per heavy atom. The Labute approximate surface area is 108 Å². The minimum atomic E-state index is -0.355. The molecular weight excluding hydrogens is 227 g/mol. The van der Waals surface area contributed by atoms with E-state index in [9.17, 15) is 0 Å². The highest BCUT2D eigenvalue weighted by Gasteiger charge is 2.51. The molecular formula is C14H17BO3. The number of aliphatic hydroxyl groups excluding tert-OH is 1. The topological polar surface area (TPSA) is 38.7 Å². The molecule has 0 bridgehead atoms. The second-order valence-electron chi connectivity index (χ2n) is 5.45. The van der Waals surface area contributed by atoms with E-state index in [1.165, 1.54) is 0 Å². The quantitative estimate of drug-likeness (QED) is 0.603. The van der Waals surface area contributed by atoms with E-state index < -0.39 is 0 Å². The van der Waals surface area contributed by atoms with Crippen LogP contribution in [0.4, 0.5) is 0 Å². The zero-order valence-corrected chi connectivity index (χ0v) is 11.2. The summed E-state index contributed by atoms with van der Waals surface area (Å²) in [5, 5.41) is 8.53. The zero-order valence-electron chi connectivity index (χ0n) is 11.2. The van der Waals surface area contributed by atoms with E-state index in [0.717, 1.165) is 11.0 Å². The monoisotopic (exact) mass is 244 g/mol. The summed E-state index contributed by atoms with van der Waals surface area (Å²) in [4.78, 5) is 0. The maximum atomic E-state index is 8.53. The van der Waals surface area contributed by atoms with Crippen molar-refractivity contribution in [3.8, 4) is 12.0 Å². The first-order valence-corrected chi connectivity index (χ1v) is 5.96. The van der Waals surface area contributed by atoms with Crippen molar-refractivity contribution in [1.29, 1.82) is 0 Å². The molecule has 4 heteroatoms. The fourth-order valence-electron chi connectivity index (χ4n) is 1.77. The van der Waals surface area contributed by atoms with Crippen molar-refractivity contribution >= 4 is 12.6 Å². The van der Waals surface area contributed by atoms with Crippen LogP contribution in [-0.2, 0) is 9.31 Å². The lowest BCUT2D eigenvalue weighted by atomic mass is 9.79. The Kier molecular flexibility index (Phi) is 3.14. The fraction of sp³-hybridized carbons (Fsp3) is 0.429. The van der Waals surface area contributed by atoms with E-state index in [1.807, 2.05) is 58.1 Å². The minimum absolute atomic E-state index is 0.332. The Morgan fingerprint density at radius 3 is 1.94 bits per heavy atom. The van der Waals surface area contributed by atoms with Crippen LogP contribution in [0, 0.1) is 12.0 Å². The molecule has 1 fully saturated rings. The molecule has 1 aliphatic heterocycles. The average molecular weight is 244 g/mol. The van der Waals surface area contributed by atoms with Gasteiger partial charge in [-0.25, -0.2) is 0 Å². The molecule has 1 aromatic carbocycles. The summed E-state index contributed by atoms with van der Waals surface area (Å²) in [6.45, 7) is 8.11. The molecule has 0 radical (unpaired) electrons. The van der Waals surface area contributed by atoms with Crippen LogP contribution in [0.1, 0.15) is 33.3 Å². The van der Waals surface area contributed by atoms with E-state index in [1.54, 1.807) is 0 Å². The average Bonchev–Trinajstić information content (AvgIpc) is 2.50. The molecule has 1 aliphatic rings. The second kappa shape index (κ2) is 4.35. The van der Waals surface area contributed by atoms with Gasteiger partial charge in [-0.3, -0.25) is 0 Å². The Hall–Kier alpha value is -1.44. The van der Waals surface area contributed by atoms with Gasteiger partial charge in [0, 0.05) is 5.56 Å². The van der Waals surface area contributed by atoms with Crippen molar-refractivity contribution in [3.63, 3.8) is 0 Å². The third-order valence-electron chi connectivity index (χ3n) is 3.64. The van der Waals surface area contributed by atoms with Gasteiger partial charge in [0.2, 0.25) is 0 Å². The summed E-state index contributed by atoms with van der Waals surface area (Å²) >= 11 is 0. The number of hydrogen-bond acceptors (Lipinski definition) is 3. The van der Waals surface area contributed by atoms with Gasteiger partial charge in [-0.2, -0.15) is 0 Å². The first kappa shape index (κ1) is 13.0. The molecule has 0 saturated carbocycles. The highest BCUT2D eigenvalue weighted by atomic mass is 16.7. The lowest BCUT2D eigenvalue weighted by Crippen LogP contribution is -2.41. The first-order chi connectivity index (χ1) is 8.36. The molecule has 2 rings (SSSR count). The summed E-state index contributed by atoms with van der Waals surface area (Å²) in [5.41, 5.74) is 1.05. The highest BCUT2D eigenvalue weighted by molar-refractivity contribution is 6.62. The van der Waals surface area contributed by atoms with E-state index in [2.05, 4.69) is 5.92 Å². The third-order valence-corrected chi connectivity index (χ3v) is 3.64. The van der Waals surface area contributed by atoms with Gasteiger partial charge in [-0.1, -0.05) is 12.1 Å².